The average molecular weight is 342 g/mol. The molecule has 1 saturated carbocycles. The zero-order chi connectivity index (χ0) is 17.9. The first kappa shape index (κ1) is 21.1. The Kier molecular flexibility index (Phi) is 10.2. The van der Waals surface area contributed by atoms with E-state index in [4.69, 9.17) is 0 Å². The van der Waals surface area contributed by atoms with Crippen LogP contribution in [0.15, 0.2) is 12.2 Å². The second-order valence-corrected chi connectivity index (χ2v) is 6.85. The lowest BCUT2D eigenvalue weighted by molar-refractivity contribution is -0.140. The highest BCUT2D eigenvalue weighted by Gasteiger charge is 2.38. The second kappa shape index (κ2) is 11.6. The summed E-state index contributed by atoms with van der Waals surface area (Å²) in [6.45, 7) is 2.02. The van der Waals surface area contributed by atoms with Gasteiger partial charge in [-0.15, -0.1) is 0 Å². The first-order valence-electron chi connectivity index (χ1n) is 9.28. The van der Waals surface area contributed by atoms with Gasteiger partial charge in [0.25, 0.3) is 0 Å². The van der Waals surface area contributed by atoms with E-state index in [0.29, 0.717) is 19.3 Å². The van der Waals surface area contributed by atoms with Gasteiger partial charge in [0.15, 0.2) is 0 Å². The first-order chi connectivity index (χ1) is 11.5. The van der Waals surface area contributed by atoms with E-state index in [0.717, 1.165) is 38.5 Å². The SMILES string of the molecule is CC[C@@H]1[C@H](/C=C/[C@@H](O)CCCCCCCC(=O)OC)[C@@H](O)C[C@H]1O. The number of unbranched alkanes of at least 4 members (excludes halogenated alkanes) is 4. The van der Waals surface area contributed by atoms with Gasteiger partial charge in [0.2, 0.25) is 0 Å². The van der Waals surface area contributed by atoms with Crippen molar-refractivity contribution >= 4 is 5.97 Å². The Morgan fingerprint density at radius 2 is 1.83 bits per heavy atom. The summed E-state index contributed by atoms with van der Waals surface area (Å²) in [6, 6.07) is 0. The molecule has 0 saturated heterocycles. The minimum atomic E-state index is -0.511. The lowest BCUT2D eigenvalue weighted by Crippen LogP contribution is -2.20. The van der Waals surface area contributed by atoms with E-state index < -0.39 is 18.3 Å². The molecule has 1 rings (SSSR count). The quantitative estimate of drug-likeness (QED) is 0.305. The highest BCUT2D eigenvalue weighted by atomic mass is 16.5. The number of rotatable bonds is 11. The molecule has 1 aliphatic carbocycles. The predicted octanol–water partition coefficient (Wildman–Crippen LogP) is 2.58. The summed E-state index contributed by atoms with van der Waals surface area (Å²) in [7, 11) is 1.41. The molecule has 1 aliphatic rings. The van der Waals surface area contributed by atoms with Crippen molar-refractivity contribution in [2.24, 2.45) is 11.8 Å². The topological polar surface area (TPSA) is 87.0 Å². The zero-order valence-electron chi connectivity index (χ0n) is 15.1. The third-order valence-electron chi connectivity index (χ3n) is 5.05. The number of methoxy groups -OCH3 is 1. The average Bonchev–Trinajstić information content (AvgIpc) is 2.84. The minimum Gasteiger partial charge on any atom is -0.469 e. The maximum Gasteiger partial charge on any atom is 0.305 e. The van der Waals surface area contributed by atoms with Gasteiger partial charge < -0.3 is 20.1 Å². The van der Waals surface area contributed by atoms with E-state index in [2.05, 4.69) is 4.74 Å². The lowest BCUT2D eigenvalue weighted by Gasteiger charge is -2.19. The van der Waals surface area contributed by atoms with Gasteiger partial charge in [-0.1, -0.05) is 51.2 Å². The van der Waals surface area contributed by atoms with Crippen molar-refractivity contribution < 1.29 is 24.9 Å². The summed E-state index contributed by atoms with van der Waals surface area (Å²) in [6.07, 6.45) is 9.54. The zero-order valence-corrected chi connectivity index (χ0v) is 15.1. The molecule has 0 aromatic heterocycles. The number of esters is 1. The molecule has 140 valence electrons. The van der Waals surface area contributed by atoms with Crippen LogP contribution in [-0.2, 0) is 9.53 Å². The fourth-order valence-corrected chi connectivity index (χ4v) is 3.54. The molecule has 0 unspecified atom stereocenters. The van der Waals surface area contributed by atoms with Crippen molar-refractivity contribution in [2.75, 3.05) is 7.11 Å². The van der Waals surface area contributed by atoms with Crippen molar-refractivity contribution in [3.8, 4) is 0 Å². The number of carbonyl (C=O) groups excluding carboxylic acids is 1. The van der Waals surface area contributed by atoms with Crippen LogP contribution in [0.4, 0.5) is 0 Å². The first-order valence-corrected chi connectivity index (χ1v) is 9.28. The van der Waals surface area contributed by atoms with Crippen LogP contribution in [0, 0.1) is 11.8 Å². The Morgan fingerprint density at radius 1 is 1.17 bits per heavy atom. The van der Waals surface area contributed by atoms with Crippen molar-refractivity contribution in [2.45, 2.75) is 83.0 Å². The normalized spacial score (nSPS) is 28.4. The molecule has 24 heavy (non-hydrogen) atoms. The minimum absolute atomic E-state index is 0.0574. The number of aliphatic hydroxyl groups is 3. The van der Waals surface area contributed by atoms with Gasteiger partial charge in [-0.25, -0.2) is 0 Å². The molecule has 0 bridgehead atoms. The maximum absolute atomic E-state index is 11.0. The summed E-state index contributed by atoms with van der Waals surface area (Å²) in [5, 5.41) is 29.9. The molecule has 0 heterocycles. The summed E-state index contributed by atoms with van der Waals surface area (Å²) in [5.41, 5.74) is 0. The Hall–Kier alpha value is -0.910. The molecule has 0 amide bonds. The van der Waals surface area contributed by atoms with Crippen molar-refractivity contribution in [3.05, 3.63) is 12.2 Å². The van der Waals surface area contributed by atoms with Crippen LogP contribution in [0.5, 0.6) is 0 Å². The third-order valence-corrected chi connectivity index (χ3v) is 5.05. The molecule has 5 atom stereocenters. The van der Waals surface area contributed by atoms with E-state index in [1.807, 2.05) is 13.0 Å². The lowest BCUT2D eigenvalue weighted by atomic mass is 9.90. The molecule has 0 aliphatic heterocycles. The summed E-state index contributed by atoms with van der Waals surface area (Å²) in [4.78, 5) is 11.0. The van der Waals surface area contributed by atoms with Gasteiger partial charge in [0, 0.05) is 18.8 Å². The molecule has 3 N–H and O–H groups in total. The van der Waals surface area contributed by atoms with E-state index in [1.54, 1.807) is 6.08 Å². The smallest absolute Gasteiger partial charge is 0.305 e. The molecule has 5 heteroatoms. The number of hydrogen-bond donors (Lipinski definition) is 3. The molecular formula is C19H34O5. The number of carbonyl (C=O) groups is 1. The van der Waals surface area contributed by atoms with Crippen LogP contribution in [0.1, 0.15) is 64.7 Å². The summed E-state index contributed by atoms with van der Waals surface area (Å²) >= 11 is 0. The van der Waals surface area contributed by atoms with Crippen molar-refractivity contribution in [1.82, 2.24) is 0 Å². The second-order valence-electron chi connectivity index (χ2n) is 6.85. The van der Waals surface area contributed by atoms with Crippen LogP contribution in [0.2, 0.25) is 0 Å². The van der Waals surface area contributed by atoms with Gasteiger partial charge >= 0.3 is 5.97 Å². The van der Waals surface area contributed by atoms with Crippen molar-refractivity contribution in [3.63, 3.8) is 0 Å². The van der Waals surface area contributed by atoms with E-state index in [9.17, 15) is 20.1 Å². The Labute approximate surface area is 145 Å². The fraction of sp³-hybridized carbons (Fsp3) is 0.842. The maximum atomic E-state index is 11.0. The number of ether oxygens (including phenoxy) is 1. The molecular weight excluding hydrogens is 308 g/mol. The van der Waals surface area contributed by atoms with Gasteiger partial charge in [0.05, 0.1) is 25.4 Å². The van der Waals surface area contributed by atoms with Gasteiger partial charge in [-0.3, -0.25) is 4.79 Å². The molecule has 0 aromatic carbocycles. The highest BCUT2D eigenvalue weighted by molar-refractivity contribution is 5.68. The molecule has 1 fully saturated rings. The van der Waals surface area contributed by atoms with Crippen LogP contribution in [-0.4, -0.2) is 46.7 Å². The van der Waals surface area contributed by atoms with Gasteiger partial charge in [0.1, 0.15) is 0 Å². The highest BCUT2D eigenvalue weighted by Crippen LogP contribution is 2.35. The fourth-order valence-electron chi connectivity index (χ4n) is 3.54. The van der Waals surface area contributed by atoms with Crippen LogP contribution in [0.3, 0.4) is 0 Å². The Bertz CT molecular complexity index is 382. The largest absolute Gasteiger partial charge is 0.469 e. The predicted molar refractivity (Wildman–Crippen MR) is 93.4 cm³/mol. The molecule has 0 radical (unpaired) electrons. The van der Waals surface area contributed by atoms with Gasteiger partial charge in [-0.2, -0.15) is 0 Å². The van der Waals surface area contributed by atoms with Crippen LogP contribution in [0.25, 0.3) is 0 Å². The molecule has 0 aromatic rings. The van der Waals surface area contributed by atoms with E-state index in [1.165, 1.54) is 7.11 Å². The van der Waals surface area contributed by atoms with Gasteiger partial charge in [-0.05, 0) is 18.8 Å². The third kappa shape index (κ3) is 7.32. The molecule has 0 spiro atoms. The summed E-state index contributed by atoms with van der Waals surface area (Å²) < 4.78 is 4.60. The standard InChI is InChI=1S/C19H34O5/c1-3-15-16(18(22)13-17(15)21)12-11-14(20)9-7-5-4-6-8-10-19(23)24-2/h11-12,14-18,20-22H,3-10,13H2,1-2H3/b12-11+/t14-,15+,16-,17+,18-/m0/s1. The van der Waals surface area contributed by atoms with Crippen molar-refractivity contribution in [1.29, 1.82) is 0 Å². The Morgan fingerprint density at radius 3 is 2.50 bits per heavy atom. The summed E-state index contributed by atoms with van der Waals surface area (Å²) in [5.74, 6) is -0.128. The van der Waals surface area contributed by atoms with E-state index >= 15 is 0 Å². The monoisotopic (exact) mass is 342 g/mol. The number of hydrogen-bond acceptors (Lipinski definition) is 5. The Balaban J connectivity index is 2.15. The van der Waals surface area contributed by atoms with Crippen LogP contribution < -0.4 is 0 Å². The van der Waals surface area contributed by atoms with Crippen LogP contribution >= 0.6 is 0 Å². The van der Waals surface area contributed by atoms with E-state index in [-0.39, 0.29) is 17.8 Å². The number of aliphatic hydroxyl groups excluding tert-OH is 3. The molecule has 5 nitrogen and oxygen atoms in total.